The number of amidine groups is 1. The Labute approximate surface area is 124 Å². The normalized spacial score (nSPS) is 17.9. The second-order valence-electron chi connectivity index (χ2n) is 5.06. The molecule has 1 atom stereocenters. The van der Waals surface area contributed by atoms with Gasteiger partial charge in [0.25, 0.3) is 0 Å². The molecule has 2 N–H and O–H groups in total. The Morgan fingerprint density at radius 1 is 1.40 bits per heavy atom. The second-order valence-corrected chi connectivity index (χ2v) is 6.25. The predicted molar refractivity (Wildman–Crippen MR) is 85.0 cm³/mol. The van der Waals surface area contributed by atoms with Gasteiger partial charge < -0.3 is 10.6 Å². The Morgan fingerprint density at radius 2 is 2.15 bits per heavy atom. The minimum atomic E-state index is 0.0794. The molecule has 1 aliphatic heterocycles. The second kappa shape index (κ2) is 7.33. The van der Waals surface area contributed by atoms with Crippen LogP contribution in [0.4, 0.5) is 0 Å². The van der Waals surface area contributed by atoms with Gasteiger partial charge in [-0.1, -0.05) is 42.1 Å². The van der Waals surface area contributed by atoms with E-state index in [0.717, 1.165) is 11.7 Å². The molecule has 1 amide bonds. The molecule has 20 heavy (non-hydrogen) atoms. The van der Waals surface area contributed by atoms with Crippen LogP contribution in [0.5, 0.6) is 0 Å². The van der Waals surface area contributed by atoms with Gasteiger partial charge in [0, 0.05) is 19.0 Å². The number of thioether (sulfide) groups is 1. The summed E-state index contributed by atoms with van der Waals surface area (Å²) in [7, 11) is 0. The average Bonchev–Trinajstić information content (AvgIpc) is 2.88. The number of nitrogens with one attached hydrogen (secondary N) is 2. The van der Waals surface area contributed by atoms with Gasteiger partial charge in [-0.25, -0.2) is 0 Å². The van der Waals surface area contributed by atoms with Crippen LogP contribution in [-0.2, 0) is 4.79 Å². The third kappa shape index (κ3) is 4.56. The number of rotatable bonds is 5. The van der Waals surface area contributed by atoms with Gasteiger partial charge in [-0.05, 0) is 19.4 Å². The smallest absolute Gasteiger partial charge is 0.221 e. The molecule has 5 heteroatoms. The zero-order chi connectivity index (χ0) is 14.4. The number of aliphatic imine (C=N–C) groups is 1. The maximum Gasteiger partial charge on any atom is 0.221 e. The molecule has 0 saturated heterocycles. The van der Waals surface area contributed by atoms with Gasteiger partial charge in [0.15, 0.2) is 5.17 Å². The molecule has 1 aromatic rings. The first kappa shape index (κ1) is 14.9. The van der Waals surface area contributed by atoms with Crippen LogP contribution in [0.2, 0.25) is 0 Å². The maximum atomic E-state index is 11.5. The summed E-state index contributed by atoms with van der Waals surface area (Å²) < 4.78 is 0. The van der Waals surface area contributed by atoms with Crippen molar-refractivity contribution in [1.29, 1.82) is 0 Å². The molecule has 0 aromatic heterocycles. The molecule has 0 fully saturated rings. The summed E-state index contributed by atoms with van der Waals surface area (Å²) in [5, 5.41) is 7.45. The third-order valence-electron chi connectivity index (χ3n) is 2.90. The largest absolute Gasteiger partial charge is 0.364 e. The molecule has 108 valence electrons. The fourth-order valence-electron chi connectivity index (χ4n) is 1.99. The number of carbonyl (C=O) groups is 1. The quantitative estimate of drug-likeness (QED) is 0.875. The van der Waals surface area contributed by atoms with Crippen LogP contribution in [0.15, 0.2) is 35.3 Å². The Morgan fingerprint density at radius 3 is 2.85 bits per heavy atom. The summed E-state index contributed by atoms with van der Waals surface area (Å²) >= 11 is 1.74. The van der Waals surface area contributed by atoms with Gasteiger partial charge in [-0.3, -0.25) is 9.79 Å². The van der Waals surface area contributed by atoms with Gasteiger partial charge in [0.1, 0.15) is 0 Å². The molecule has 0 spiro atoms. The van der Waals surface area contributed by atoms with E-state index in [0.29, 0.717) is 18.2 Å². The lowest BCUT2D eigenvalue weighted by atomic mass is 10.1. The highest BCUT2D eigenvalue weighted by Gasteiger charge is 2.20. The van der Waals surface area contributed by atoms with Crippen molar-refractivity contribution in [3.63, 3.8) is 0 Å². The summed E-state index contributed by atoms with van der Waals surface area (Å²) in [6.07, 6.45) is 0.480. The summed E-state index contributed by atoms with van der Waals surface area (Å²) in [5.74, 6) is 0.0794. The lowest BCUT2D eigenvalue weighted by molar-refractivity contribution is -0.121. The summed E-state index contributed by atoms with van der Waals surface area (Å²) in [4.78, 5) is 16.0. The van der Waals surface area contributed by atoms with Crippen LogP contribution in [0.3, 0.4) is 0 Å². The number of benzene rings is 1. The van der Waals surface area contributed by atoms with Gasteiger partial charge >= 0.3 is 0 Å². The highest BCUT2D eigenvalue weighted by atomic mass is 32.2. The first-order valence-corrected chi connectivity index (χ1v) is 7.82. The Balaban J connectivity index is 1.70. The molecule has 0 radical (unpaired) electrons. The molecule has 0 aliphatic carbocycles. The van der Waals surface area contributed by atoms with Crippen LogP contribution in [0.25, 0.3) is 0 Å². The van der Waals surface area contributed by atoms with E-state index in [1.807, 2.05) is 19.9 Å². The lowest BCUT2D eigenvalue weighted by Gasteiger charge is -2.10. The number of hydrogen-bond acceptors (Lipinski definition) is 4. The SMILES string of the molecule is CC(C)NC(=O)CCNC1=NCC(c2ccccc2)S1. The van der Waals surface area contributed by atoms with Gasteiger partial charge in [0.05, 0.1) is 11.8 Å². The van der Waals surface area contributed by atoms with Crippen molar-refractivity contribution in [3.8, 4) is 0 Å². The molecule has 1 heterocycles. The minimum Gasteiger partial charge on any atom is -0.364 e. The van der Waals surface area contributed by atoms with Gasteiger partial charge in [-0.15, -0.1) is 0 Å². The monoisotopic (exact) mass is 291 g/mol. The standard InChI is InChI=1S/C15H21N3OS/c1-11(2)18-14(19)8-9-16-15-17-10-13(20-15)12-6-4-3-5-7-12/h3-7,11,13H,8-10H2,1-2H3,(H,16,17)(H,18,19). The minimum absolute atomic E-state index is 0.0794. The van der Waals surface area contributed by atoms with E-state index in [9.17, 15) is 4.79 Å². The van der Waals surface area contributed by atoms with E-state index in [-0.39, 0.29) is 11.9 Å². The van der Waals surface area contributed by atoms with Crippen LogP contribution in [-0.4, -0.2) is 30.2 Å². The van der Waals surface area contributed by atoms with E-state index in [1.165, 1.54) is 5.56 Å². The van der Waals surface area contributed by atoms with Gasteiger partial charge in [0.2, 0.25) is 5.91 Å². The number of amides is 1. The molecule has 1 aromatic carbocycles. The molecule has 0 saturated carbocycles. The van der Waals surface area contributed by atoms with E-state index in [4.69, 9.17) is 0 Å². The summed E-state index contributed by atoms with van der Waals surface area (Å²) in [5.41, 5.74) is 1.30. The van der Waals surface area contributed by atoms with Crippen LogP contribution in [0.1, 0.15) is 31.1 Å². The molecular weight excluding hydrogens is 270 g/mol. The highest BCUT2D eigenvalue weighted by Crippen LogP contribution is 2.33. The zero-order valence-electron chi connectivity index (χ0n) is 11.9. The predicted octanol–water partition coefficient (Wildman–Crippen LogP) is 2.33. The van der Waals surface area contributed by atoms with Crippen molar-refractivity contribution in [1.82, 2.24) is 10.6 Å². The van der Waals surface area contributed by atoms with E-state index < -0.39 is 0 Å². The van der Waals surface area contributed by atoms with Crippen molar-refractivity contribution in [3.05, 3.63) is 35.9 Å². The fraction of sp³-hybridized carbons (Fsp3) is 0.467. The molecule has 0 bridgehead atoms. The first-order valence-electron chi connectivity index (χ1n) is 6.94. The Hall–Kier alpha value is -1.49. The number of carbonyl (C=O) groups excluding carboxylic acids is 1. The topological polar surface area (TPSA) is 53.5 Å². The molecule has 1 unspecified atom stereocenters. The van der Waals surface area contributed by atoms with Crippen LogP contribution >= 0.6 is 11.8 Å². The number of hydrogen-bond donors (Lipinski definition) is 2. The zero-order valence-corrected chi connectivity index (χ0v) is 12.7. The first-order chi connectivity index (χ1) is 9.65. The van der Waals surface area contributed by atoms with Crippen molar-refractivity contribution >= 4 is 22.8 Å². The maximum absolute atomic E-state index is 11.5. The van der Waals surface area contributed by atoms with Crippen molar-refractivity contribution in [2.24, 2.45) is 4.99 Å². The highest BCUT2D eigenvalue weighted by molar-refractivity contribution is 8.14. The van der Waals surface area contributed by atoms with Crippen molar-refractivity contribution in [2.75, 3.05) is 13.1 Å². The Bertz CT molecular complexity index is 473. The molecule has 2 rings (SSSR count). The summed E-state index contributed by atoms with van der Waals surface area (Å²) in [6, 6.07) is 10.6. The lowest BCUT2D eigenvalue weighted by Crippen LogP contribution is -2.33. The van der Waals surface area contributed by atoms with E-state index >= 15 is 0 Å². The fourth-order valence-corrected chi connectivity index (χ4v) is 3.04. The molecule has 4 nitrogen and oxygen atoms in total. The van der Waals surface area contributed by atoms with Crippen LogP contribution < -0.4 is 10.6 Å². The number of nitrogens with zero attached hydrogens (tertiary/aromatic N) is 1. The average molecular weight is 291 g/mol. The Kier molecular flexibility index (Phi) is 5.47. The van der Waals surface area contributed by atoms with Crippen molar-refractivity contribution < 1.29 is 4.79 Å². The molecule has 1 aliphatic rings. The van der Waals surface area contributed by atoms with Crippen LogP contribution in [0, 0.1) is 0 Å². The van der Waals surface area contributed by atoms with E-state index in [2.05, 4.69) is 39.9 Å². The molecular formula is C15H21N3OS. The third-order valence-corrected chi connectivity index (χ3v) is 4.11. The summed E-state index contributed by atoms with van der Waals surface area (Å²) in [6.45, 7) is 5.36. The van der Waals surface area contributed by atoms with E-state index in [1.54, 1.807) is 11.8 Å². The van der Waals surface area contributed by atoms with Crippen molar-refractivity contribution in [2.45, 2.75) is 31.6 Å². The van der Waals surface area contributed by atoms with Gasteiger partial charge in [-0.2, -0.15) is 0 Å².